The molecule has 2 nitrogen and oxygen atoms in total. The molecule has 1 saturated carbocycles. The van der Waals surface area contributed by atoms with Crippen LogP contribution in [-0.4, -0.2) is 12.6 Å². The van der Waals surface area contributed by atoms with Crippen LogP contribution < -0.4 is 10.5 Å². The molecule has 1 aromatic rings. The lowest BCUT2D eigenvalue weighted by Crippen LogP contribution is -2.17. The first-order valence-electron chi connectivity index (χ1n) is 4.84. The van der Waals surface area contributed by atoms with Gasteiger partial charge in [-0.2, -0.15) is 0 Å². The van der Waals surface area contributed by atoms with Crippen molar-refractivity contribution in [1.82, 2.24) is 0 Å². The van der Waals surface area contributed by atoms with E-state index in [1.165, 1.54) is 0 Å². The Labute approximate surface area is 84.4 Å². The molecule has 1 aliphatic rings. The number of rotatable bonds is 3. The average Bonchev–Trinajstić information content (AvgIpc) is 2.95. The Balaban J connectivity index is 2.12. The third kappa shape index (κ3) is 2.15. The molecule has 0 unspecified atom stereocenters. The zero-order chi connectivity index (χ0) is 10.0. The molecule has 0 radical (unpaired) electrons. The van der Waals surface area contributed by atoms with Crippen molar-refractivity contribution < 1.29 is 4.74 Å². The van der Waals surface area contributed by atoms with E-state index in [4.69, 9.17) is 10.5 Å². The van der Waals surface area contributed by atoms with Crippen molar-refractivity contribution in [2.24, 2.45) is 5.73 Å². The van der Waals surface area contributed by atoms with Gasteiger partial charge in [0.2, 0.25) is 0 Å². The molecule has 0 saturated heterocycles. The van der Waals surface area contributed by atoms with Crippen LogP contribution in [0.5, 0.6) is 5.75 Å². The topological polar surface area (TPSA) is 35.2 Å². The van der Waals surface area contributed by atoms with Crippen molar-refractivity contribution in [2.45, 2.75) is 18.4 Å². The van der Waals surface area contributed by atoms with Gasteiger partial charge in [0.25, 0.3) is 0 Å². The number of hydrogen-bond acceptors (Lipinski definition) is 2. The van der Waals surface area contributed by atoms with E-state index in [2.05, 4.69) is 12.2 Å². The SMILES string of the molecule is COc1cccc(/C=C/C2(N)CC2)c1. The number of hydrogen-bond donors (Lipinski definition) is 1. The number of methoxy groups -OCH3 is 1. The third-order valence-corrected chi connectivity index (χ3v) is 2.53. The quantitative estimate of drug-likeness (QED) is 0.791. The van der Waals surface area contributed by atoms with Gasteiger partial charge >= 0.3 is 0 Å². The second-order valence-electron chi connectivity index (χ2n) is 3.84. The summed E-state index contributed by atoms with van der Waals surface area (Å²) in [5, 5.41) is 0. The monoisotopic (exact) mass is 189 g/mol. The smallest absolute Gasteiger partial charge is 0.119 e. The van der Waals surface area contributed by atoms with Crippen molar-refractivity contribution >= 4 is 6.08 Å². The molecule has 0 heterocycles. The van der Waals surface area contributed by atoms with Crippen molar-refractivity contribution in [3.05, 3.63) is 35.9 Å². The van der Waals surface area contributed by atoms with Crippen LogP contribution in [0.1, 0.15) is 18.4 Å². The van der Waals surface area contributed by atoms with E-state index in [1.54, 1.807) is 7.11 Å². The normalized spacial score (nSPS) is 18.4. The minimum absolute atomic E-state index is 0.0247. The minimum atomic E-state index is -0.0247. The molecule has 74 valence electrons. The number of ether oxygens (including phenoxy) is 1. The Bertz CT molecular complexity index is 353. The van der Waals surface area contributed by atoms with Gasteiger partial charge in [-0.3, -0.25) is 0 Å². The lowest BCUT2D eigenvalue weighted by Gasteiger charge is -2.02. The molecule has 2 N–H and O–H groups in total. The summed E-state index contributed by atoms with van der Waals surface area (Å²) in [5.41, 5.74) is 7.06. The second kappa shape index (κ2) is 3.46. The van der Waals surface area contributed by atoms with Crippen molar-refractivity contribution in [3.63, 3.8) is 0 Å². The maximum Gasteiger partial charge on any atom is 0.119 e. The Kier molecular flexibility index (Phi) is 2.30. The first kappa shape index (κ1) is 9.28. The first-order chi connectivity index (χ1) is 6.72. The summed E-state index contributed by atoms with van der Waals surface area (Å²) in [6.45, 7) is 0. The van der Waals surface area contributed by atoms with Gasteiger partial charge in [-0.25, -0.2) is 0 Å². The molecule has 0 aliphatic heterocycles. The van der Waals surface area contributed by atoms with Crippen LogP contribution in [-0.2, 0) is 0 Å². The Hall–Kier alpha value is -1.28. The maximum atomic E-state index is 5.95. The fraction of sp³-hybridized carbons (Fsp3) is 0.333. The van der Waals surface area contributed by atoms with E-state index >= 15 is 0 Å². The van der Waals surface area contributed by atoms with E-state index in [0.29, 0.717) is 0 Å². The number of benzene rings is 1. The Morgan fingerprint density at radius 1 is 1.43 bits per heavy atom. The minimum Gasteiger partial charge on any atom is -0.497 e. The highest BCUT2D eigenvalue weighted by Crippen LogP contribution is 2.34. The van der Waals surface area contributed by atoms with Crippen LogP contribution in [0.2, 0.25) is 0 Å². The van der Waals surface area contributed by atoms with Crippen LogP contribution in [0.15, 0.2) is 30.3 Å². The van der Waals surface area contributed by atoms with E-state index in [1.807, 2.05) is 24.3 Å². The predicted molar refractivity (Wildman–Crippen MR) is 58.2 cm³/mol. The van der Waals surface area contributed by atoms with Crippen molar-refractivity contribution in [3.8, 4) is 5.75 Å². The van der Waals surface area contributed by atoms with Crippen LogP contribution in [0.3, 0.4) is 0 Å². The van der Waals surface area contributed by atoms with Gasteiger partial charge < -0.3 is 10.5 Å². The van der Waals surface area contributed by atoms with E-state index in [0.717, 1.165) is 24.2 Å². The third-order valence-electron chi connectivity index (χ3n) is 2.53. The largest absolute Gasteiger partial charge is 0.497 e. The van der Waals surface area contributed by atoms with Gasteiger partial charge in [0.15, 0.2) is 0 Å². The molecular weight excluding hydrogens is 174 g/mol. The molecular formula is C12H15NO. The molecule has 0 amide bonds. The summed E-state index contributed by atoms with van der Waals surface area (Å²) in [7, 11) is 1.67. The zero-order valence-electron chi connectivity index (χ0n) is 8.36. The first-order valence-corrected chi connectivity index (χ1v) is 4.84. The van der Waals surface area contributed by atoms with Crippen LogP contribution in [0.25, 0.3) is 6.08 Å². The Morgan fingerprint density at radius 3 is 2.86 bits per heavy atom. The highest BCUT2D eigenvalue weighted by atomic mass is 16.5. The van der Waals surface area contributed by atoms with Gasteiger partial charge in [0.05, 0.1) is 7.11 Å². The summed E-state index contributed by atoms with van der Waals surface area (Å²) in [6, 6.07) is 7.97. The molecule has 1 aromatic carbocycles. The molecule has 2 rings (SSSR count). The molecule has 2 heteroatoms. The van der Waals surface area contributed by atoms with Crippen molar-refractivity contribution in [2.75, 3.05) is 7.11 Å². The number of nitrogens with two attached hydrogens (primary N) is 1. The fourth-order valence-electron chi connectivity index (χ4n) is 1.32. The highest BCUT2D eigenvalue weighted by Gasteiger charge is 2.34. The van der Waals surface area contributed by atoms with Crippen LogP contribution in [0.4, 0.5) is 0 Å². The fourth-order valence-corrected chi connectivity index (χ4v) is 1.32. The molecule has 1 fully saturated rings. The van der Waals surface area contributed by atoms with E-state index in [9.17, 15) is 0 Å². The van der Waals surface area contributed by atoms with E-state index < -0.39 is 0 Å². The second-order valence-corrected chi connectivity index (χ2v) is 3.84. The standard InChI is InChI=1S/C12H15NO/c1-14-11-4-2-3-10(9-11)5-6-12(13)7-8-12/h2-6,9H,7-8,13H2,1H3/b6-5+. The predicted octanol–water partition coefficient (Wildman–Crippen LogP) is 2.20. The van der Waals surface area contributed by atoms with Gasteiger partial charge in [0, 0.05) is 5.54 Å². The van der Waals surface area contributed by atoms with Gasteiger partial charge in [-0.05, 0) is 30.5 Å². The zero-order valence-corrected chi connectivity index (χ0v) is 8.36. The molecule has 0 aromatic heterocycles. The molecule has 0 bridgehead atoms. The van der Waals surface area contributed by atoms with Gasteiger partial charge in [-0.15, -0.1) is 0 Å². The Morgan fingerprint density at radius 2 is 2.21 bits per heavy atom. The highest BCUT2D eigenvalue weighted by molar-refractivity contribution is 5.53. The summed E-state index contributed by atoms with van der Waals surface area (Å²) in [4.78, 5) is 0. The lowest BCUT2D eigenvalue weighted by atomic mass is 10.1. The maximum absolute atomic E-state index is 5.95. The molecule has 14 heavy (non-hydrogen) atoms. The average molecular weight is 189 g/mol. The van der Waals surface area contributed by atoms with Crippen molar-refractivity contribution in [1.29, 1.82) is 0 Å². The summed E-state index contributed by atoms with van der Waals surface area (Å²) >= 11 is 0. The van der Waals surface area contributed by atoms with Crippen LogP contribution in [0, 0.1) is 0 Å². The molecule has 0 atom stereocenters. The molecule has 0 spiro atoms. The van der Waals surface area contributed by atoms with E-state index in [-0.39, 0.29) is 5.54 Å². The van der Waals surface area contributed by atoms with Gasteiger partial charge in [0.1, 0.15) is 5.75 Å². The summed E-state index contributed by atoms with van der Waals surface area (Å²) in [5.74, 6) is 0.883. The summed E-state index contributed by atoms with van der Waals surface area (Å²) < 4.78 is 5.14. The lowest BCUT2D eigenvalue weighted by molar-refractivity contribution is 0.414. The summed E-state index contributed by atoms with van der Waals surface area (Å²) in [6.07, 6.45) is 6.36. The van der Waals surface area contributed by atoms with Gasteiger partial charge in [-0.1, -0.05) is 24.3 Å². The van der Waals surface area contributed by atoms with Crippen LogP contribution >= 0.6 is 0 Å². The molecule has 1 aliphatic carbocycles.